The molecule has 1 aliphatic rings. The standard InChI is InChI=1S/C16H20N2O3/c1-4-10(2)14-16(20)17-13(15(19)18-14)9-11-5-7-12(21-3)8-6-11/h5-10,14H,4H2,1-3H3,(H,17,20)(H,18,19)/b13-9+. The Hall–Kier alpha value is -2.30. The maximum atomic E-state index is 12.1. The predicted molar refractivity (Wildman–Crippen MR) is 80.5 cm³/mol. The first kappa shape index (κ1) is 15.1. The molecule has 1 aromatic rings. The Morgan fingerprint density at radius 3 is 2.52 bits per heavy atom. The van der Waals surface area contributed by atoms with Crippen LogP contribution in [-0.4, -0.2) is 25.0 Å². The molecule has 1 aliphatic heterocycles. The highest BCUT2D eigenvalue weighted by atomic mass is 16.5. The van der Waals surface area contributed by atoms with Crippen LogP contribution in [0.25, 0.3) is 6.08 Å². The molecule has 0 spiro atoms. The van der Waals surface area contributed by atoms with Gasteiger partial charge in [-0.1, -0.05) is 32.4 Å². The van der Waals surface area contributed by atoms with Crippen molar-refractivity contribution < 1.29 is 14.3 Å². The van der Waals surface area contributed by atoms with E-state index in [2.05, 4.69) is 10.6 Å². The number of piperazine rings is 1. The highest BCUT2D eigenvalue weighted by molar-refractivity contribution is 6.07. The third kappa shape index (κ3) is 3.42. The zero-order valence-corrected chi connectivity index (χ0v) is 12.5. The summed E-state index contributed by atoms with van der Waals surface area (Å²) in [7, 11) is 1.59. The van der Waals surface area contributed by atoms with E-state index in [4.69, 9.17) is 4.74 Å². The van der Waals surface area contributed by atoms with Crippen LogP contribution in [0, 0.1) is 5.92 Å². The van der Waals surface area contributed by atoms with Crippen molar-refractivity contribution in [3.63, 3.8) is 0 Å². The summed E-state index contributed by atoms with van der Waals surface area (Å²) < 4.78 is 5.08. The number of amides is 2. The molecule has 1 fully saturated rings. The Labute approximate surface area is 124 Å². The summed E-state index contributed by atoms with van der Waals surface area (Å²) in [5.41, 5.74) is 1.09. The molecule has 0 bridgehead atoms. The van der Waals surface area contributed by atoms with Crippen molar-refractivity contribution in [2.45, 2.75) is 26.3 Å². The molecule has 0 radical (unpaired) electrons. The van der Waals surface area contributed by atoms with Gasteiger partial charge in [-0.05, 0) is 29.7 Å². The van der Waals surface area contributed by atoms with Gasteiger partial charge in [-0.15, -0.1) is 0 Å². The number of carbonyl (C=O) groups excluding carboxylic acids is 2. The van der Waals surface area contributed by atoms with Gasteiger partial charge in [0.1, 0.15) is 17.5 Å². The van der Waals surface area contributed by atoms with Crippen LogP contribution in [0.2, 0.25) is 0 Å². The molecule has 2 amide bonds. The topological polar surface area (TPSA) is 67.4 Å². The molecule has 5 nitrogen and oxygen atoms in total. The molecule has 1 saturated heterocycles. The molecular weight excluding hydrogens is 268 g/mol. The lowest BCUT2D eigenvalue weighted by Gasteiger charge is -2.28. The van der Waals surface area contributed by atoms with Gasteiger partial charge in [0.25, 0.3) is 5.91 Å². The molecule has 1 aromatic carbocycles. The lowest BCUT2D eigenvalue weighted by atomic mass is 9.96. The van der Waals surface area contributed by atoms with E-state index >= 15 is 0 Å². The fourth-order valence-electron chi connectivity index (χ4n) is 2.16. The Bertz CT molecular complexity index is 563. The Balaban J connectivity index is 2.16. The SMILES string of the molecule is CCC(C)C1NC(=O)/C(=C\c2ccc(OC)cc2)NC1=O. The van der Waals surface area contributed by atoms with Crippen LogP contribution in [0.5, 0.6) is 5.75 Å². The molecule has 2 rings (SSSR count). The molecule has 0 aromatic heterocycles. The van der Waals surface area contributed by atoms with Gasteiger partial charge >= 0.3 is 0 Å². The van der Waals surface area contributed by atoms with Crippen molar-refractivity contribution in [2.75, 3.05) is 7.11 Å². The minimum atomic E-state index is -0.462. The van der Waals surface area contributed by atoms with Crippen LogP contribution >= 0.6 is 0 Å². The van der Waals surface area contributed by atoms with E-state index in [9.17, 15) is 9.59 Å². The van der Waals surface area contributed by atoms with Crippen molar-refractivity contribution in [2.24, 2.45) is 5.92 Å². The number of hydrogen-bond donors (Lipinski definition) is 2. The van der Waals surface area contributed by atoms with E-state index in [1.54, 1.807) is 25.3 Å². The normalized spacial score (nSPS) is 21.7. The number of rotatable bonds is 4. The third-order valence-corrected chi connectivity index (χ3v) is 3.71. The number of ether oxygens (including phenoxy) is 1. The van der Waals surface area contributed by atoms with E-state index in [0.717, 1.165) is 17.7 Å². The van der Waals surface area contributed by atoms with E-state index in [0.29, 0.717) is 0 Å². The van der Waals surface area contributed by atoms with E-state index in [1.165, 1.54) is 0 Å². The van der Waals surface area contributed by atoms with Crippen molar-refractivity contribution in [3.8, 4) is 5.75 Å². The molecule has 21 heavy (non-hydrogen) atoms. The Kier molecular flexibility index (Phi) is 4.62. The monoisotopic (exact) mass is 288 g/mol. The largest absolute Gasteiger partial charge is 0.497 e. The predicted octanol–water partition coefficient (Wildman–Crippen LogP) is 1.70. The van der Waals surface area contributed by atoms with Crippen LogP contribution in [0.15, 0.2) is 30.0 Å². The summed E-state index contributed by atoms with van der Waals surface area (Å²) in [5.74, 6) is 0.432. The van der Waals surface area contributed by atoms with E-state index < -0.39 is 6.04 Å². The zero-order chi connectivity index (χ0) is 15.4. The number of carbonyl (C=O) groups is 2. The molecule has 5 heteroatoms. The van der Waals surface area contributed by atoms with Crippen molar-refractivity contribution in [1.29, 1.82) is 0 Å². The van der Waals surface area contributed by atoms with Gasteiger partial charge in [0.05, 0.1) is 7.11 Å². The summed E-state index contributed by atoms with van der Waals surface area (Å²) in [6.45, 7) is 3.94. The Morgan fingerprint density at radius 1 is 1.29 bits per heavy atom. The molecule has 2 N–H and O–H groups in total. The van der Waals surface area contributed by atoms with Crippen LogP contribution in [0.3, 0.4) is 0 Å². The first-order valence-corrected chi connectivity index (χ1v) is 7.02. The fourth-order valence-corrected chi connectivity index (χ4v) is 2.16. The molecule has 0 aliphatic carbocycles. The average Bonchev–Trinajstić information content (AvgIpc) is 2.50. The zero-order valence-electron chi connectivity index (χ0n) is 12.5. The maximum Gasteiger partial charge on any atom is 0.268 e. The Morgan fingerprint density at radius 2 is 1.95 bits per heavy atom. The molecule has 0 saturated carbocycles. The summed E-state index contributed by atoms with van der Waals surface area (Å²) in [6, 6.07) is 6.79. The number of nitrogens with one attached hydrogen (secondary N) is 2. The second-order valence-electron chi connectivity index (χ2n) is 5.16. The summed E-state index contributed by atoms with van der Waals surface area (Å²) in [4.78, 5) is 24.1. The first-order valence-electron chi connectivity index (χ1n) is 7.02. The highest BCUT2D eigenvalue weighted by Gasteiger charge is 2.32. The van der Waals surface area contributed by atoms with Gasteiger partial charge in [0, 0.05) is 0 Å². The molecule has 2 unspecified atom stereocenters. The van der Waals surface area contributed by atoms with Gasteiger partial charge in [-0.2, -0.15) is 0 Å². The third-order valence-electron chi connectivity index (χ3n) is 3.71. The summed E-state index contributed by atoms with van der Waals surface area (Å²) >= 11 is 0. The fraction of sp³-hybridized carbons (Fsp3) is 0.375. The van der Waals surface area contributed by atoms with Gasteiger partial charge in [-0.3, -0.25) is 9.59 Å². The lowest BCUT2D eigenvalue weighted by molar-refractivity contribution is -0.132. The van der Waals surface area contributed by atoms with E-state index in [1.807, 2.05) is 26.0 Å². The van der Waals surface area contributed by atoms with Crippen LogP contribution in [-0.2, 0) is 9.59 Å². The second kappa shape index (κ2) is 6.43. The van der Waals surface area contributed by atoms with Crippen molar-refractivity contribution >= 4 is 17.9 Å². The highest BCUT2D eigenvalue weighted by Crippen LogP contribution is 2.16. The molecule has 112 valence electrons. The average molecular weight is 288 g/mol. The minimum Gasteiger partial charge on any atom is -0.497 e. The van der Waals surface area contributed by atoms with Crippen LogP contribution in [0.4, 0.5) is 0 Å². The first-order chi connectivity index (χ1) is 10.0. The molecule has 2 atom stereocenters. The maximum absolute atomic E-state index is 12.1. The van der Waals surface area contributed by atoms with Gasteiger partial charge in [0.15, 0.2) is 0 Å². The van der Waals surface area contributed by atoms with Crippen molar-refractivity contribution in [1.82, 2.24) is 10.6 Å². The van der Waals surface area contributed by atoms with Crippen LogP contribution in [0.1, 0.15) is 25.8 Å². The van der Waals surface area contributed by atoms with Gasteiger partial charge in [0.2, 0.25) is 5.91 Å². The second-order valence-corrected chi connectivity index (χ2v) is 5.16. The van der Waals surface area contributed by atoms with Gasteiger partial charge in [-0.25, -0.2) is 0 Å². The van der Waals surface area contributed by atoms with E-state index in [-0.39, 0.29) is 23.4 Å². The molecular formula is C16H20N2O3. The smallest absolute Gasteiger partial charge is 0.268 e. The van der Waals surface area contributed by atoms with Crippen LogP contribution < -0.4 is 15.4 Å². The lowest BCUT2D eigenvalue weighted by Crippen LogP contribution is -2.57. The number of hydrogen-bond acceptors (Lipinski definition) is 3. The minimum absolute atomic E-state index is 0.108. The quantitative estimate of drug-likeness (QED) is 0.829. The number of benzene rings is 1. The summed E-state index contributed by atoms with van der Waals surface area (Å²) in [6.07, 6.45) is 2.48. The molecule has 1 heterocycles. The van der Waals surface area contributed by atoms with Crippen molar-refractivity contribution in [3.05, 3.63) is 35.5 Å². The van der Waals surface area contributed by atoms with Gasteiger partial charge < -0.3 is 15.4 Å². The number of methoxy groups -OCH3 is 1. The summed E-state index contributed by atoms with van der Waals surface area (Å²) in [5, 5.41) is 5.45.